The molecule has 0 fully saturated rings. The number of carbonyl (C=O) groups excluding carboxylic acids is 1. The fourth-order valence-corrected chi connectivity index (χ4v) is 0.722. The van der Waals surface area contributed by atoms with Crippen molar-refractivity contribution in [3.8, 4) is 17.2 Å². The molecule has 0 aromatic heterocycles. The molecular formula is C7H8BiKO5. The van der Waals surface area contributed by atoms with Gasteiger partial charge < -0.3 is 25.2 Å². The number of carboxylic acids is 1. The zero-order chi connectivity index (χ0) is 9.30. The molecule has 0 spiro atoms. The van der Waals surface area contributed by atoms with Crippen molar-refractivity contribution in [3.05, 3.63) is 17.7 Å². The van der Waals surface area contributed by atoms with Gasteiger partial charge in [-0.2, -0.15) is 0 Å². The summed E-state index contributed by atoms with van der Waals surface area (Å²) in [6.45, 7) is 0. The van der Waals surface area contributed by atoms with Crippen LogP contribution in [-0.2, 0) is 0 Å². The second-order valence-electron chi connectivity index (χ2n) is 2.15. The zero-order valence-electron chi connectivity index (χ0n) is 7.52. The minimum atomic E-state index is -1.54. The molecule has 72 valence electrons. The maximum atomic E-state index is 10.2. The van der Waals surface area contributed by atoms with Crippen LogP contribution in [0.25, 0.3) is 0 Å². The molecule has 3 N–H and O–H groups in total. The number of phenolic OH excluding ortho intramolecular Hbond substituents is 3. The van der Waals surface area contributed by atoms with Crippen molar-refractivity contribution >= 4 is 32.2 Å². The molecule has 0 atom stereocenters. The second-order valence-corrected chi connectivity index (χ2v) is 2.15. The Labute approximate surface area is 141 Å². The van der Waals surface area contributed by atoms with Gasteiger partial charge in [-0.3, -0.25) is 0 Å². The predicted molar refractivity (Wildman–Crippen MR) is 45.7 cm³/mol. The summed E-state index contributed by atoms with van der Waals surface area (Å²) in [5, 5.41) is 36.7. The summed E-state index contributed by atoms with van der Waals surface area (Å²) in [4.78, 5) is 10.2. The van der Waals surface area contributed by atoms with E-state index in [4.69, 9.17) is 15.3 Å². The van der Waals surface area contributed by atoms with E-state index in [-0.39, 0.29) is 77.6 Å². The molecular weight excluding hydrogens is 412 g/mol. The fourth-order valence-electron chi connectivity index (χ4n) is 0.722. The SMILES string of the molecule is O=C([O-])c1cc(O)c(O)c(O)c1.[BiH3].[K+]. The van der Waals surface area contributed by atoms with Crippen LogP contribution in [0.2, 0.25) is 0 Å². The van der Waals surface area contributed by atoms with Gasteiger partial charge in [-0.1, -0.05) is 0 Å². The summed E-state index contributed by atoms with van der Waals surface area (Å²) < 4.78 is 0. The van der Waals surface area contributed by atoms with E-state index in [1.165, 1.54) is 0 Å². The van der Waals surface area contributed by atoms with E-state index < -0.39 is 28.8 Å². The van der Waals surface area contributed by atoms with Crippen molar-refractivity contribution in [1.82, 2.24) is 0 Å². The number of rotatable bonds is 1. The first-order valence-electron chi connectivity index (χ1n) is 2.98. The van der Waals surface area contributed by atoms with Crippen LogP contribution < -0.4 is 56.5 Å². The molecule has 1 rings (SSSR count). The number of aromatic hydroxyl groups is 3. The summed E-state index contributed by atoms with van der Waals surface area (Å²) in [5.41, 5.74) is -0.400. The maximum absolute atomic E-state index is 10.2. The molecule has 0 radical (unpaired) electrons. The molecule has 7 heteroatoms. The summed E-state index contributed by atoms with van der Waals surface area (Å²) in [7, 11) is 0. The second kappa shape index (κ2) is 6.98. The van der Waals surface area contributed by atoms with Gasteiger partial charge in [-0.25, -0.2) is 0 Å². The average Bonchev–Trinajstić information content (AvgIpc) is 1.99. The van der Waals surface area contributed by atoms with E-state index in [2.05, 4.69) is 0 Å². The number of phenols is 3. The van der Waals surface area contributed by atoms with Crippen molar-refractivity contribution < 1.29 is 76.6 Å². The van der Waals surface area contributed by atoms with E-state index in [9.17, 15) is 9.90 Å². The quantitative estimate of drug-likeness (QED) is 0.312. The van der Waals surface area contributed by atoms with Crippen molar-refractivity contribution in [2.24, 2.45) is 0 Å². The van der Waals surface area contributed by atoms with Crippen LogP contribution in [0.5, 0.6) is 17.2 Å². The Kier molecular flexibility index (Phi) is 8.48. The molecule has 1 aromatic rings. The van der Waals surface area contributed by atoms with Gasteiger partial charge in [0.25, 0.3) is 0 Å². The average molecular weight is 420 g/mol. The molecule has 0 saturated heterocycles. The monoisotopic (exact) mass is 420 g/mol. The molecule has 0 heterocycles. The number of aromatic carboxylic acids is 1. The first kappa shape index (κ1) is 17.0. The van der Waals surface area contributed by atoms with E-state index >= 15 is 0 Å². The summed E-state index contributed by atoms with van der Waals surface area (Å²) >= 11 is 0. The smallest absolute Gasteiger partial charge is 1.00 e. The number of benzene rings is 1. The maximum Gasteiger partial charge on any atom is 1.00 e. The fraction of sp³-hybridized carbons (Fsp3) is 0. The number of hydrogen-bond acceptors (Lipinski definition) is 5. The number of hydrogen-bond donors (Lipinski definition) is 3. The van der Waals surface area contributed by atoms with Crippen molar-refractivity contribution in [2.45, 2.75) is 0 Å². The molecule has 1 aromatic carbocycles. The van der Waals surface area contributed by atoms with Crippen LogP contribution >= 0.6 is 0 Å². The van der Waals surface area contributed by atoms with Crippen LogP contribution in [0.1, 0.15) is 10.4 Å². The van der Waals surface area contributed by atoms with Crippen molar-refractivity contribution in [1.29, 1.82) is 0 Å². The Morgan fingerprint density at radius 1 is 1.14 bits per heavy atom. The third-order valence-corrected chi connectivity index (χ3v) is 1.31. The Morgan fingerprint density at radius 3 is 1.79 bits per heavy atom. The summed E-state index contributed by atoms with van der Waals surface area (Å²) in [6.07, 6.45) is 0. The van der Waals surface area contributed by atoms with Crippen LogP contribution in [0, 0.1) is 0 Å². The normalized spacial score (nSPS) is 8.29. The van der Waals surface area contributed by atoms with Gasteiger partial charge in [-0.15, -0.1) is 0 Å². The van der Waals surface area contributed by atoms with Gasteiger partial charge >= 0.3 is 77.6 Å². The molecule has 0 aliphatic rings. The van der Waals surface area contributed by atoms with Gasteiger partial charge in [0.15, 0.2) is 17.2 Å². The van der Waals surface area contributed by atoms with Gasteiger partial charge in [0.1, 0.15) is 0 Å². The Hall–Kier alpha value is 0.609. The molecule has 0 unspecified atom stereocenters. The largest absolute Gasteiger partial charge is 1.00 e. The standard InChI is InChI=1S/C7H6O5.Bi.K.3H/c8-4-1-3(7(11)12)2-5(9)6(4)10;;;;;/h1-2,8-10H,(H,11,12);;;;;/q;;+1;;;/p-1. The molecule has 5 nitrogen and oxygen atoms in total. The number of carboxylic acid groups (broad SMARTS) is 1. The van der Waals surface area contributed by atoms with Gasteiger partial charge in [0, 0.05) is 5.56 Å². The molecule has 0 bridgehead atoms. The predicted octanol–water partition coefficient (Wildman–Crippen LogP) is -5.01. The van der Waals surface area contributed by atoms with E-state index in [0.717, 1.165) is 12.1 Å². The Morgan fingerprint density at radius 2 is 1.50 bits per heavy atom. The summed E-state index contributed by atoms with van der Waals surface area (Å²) in [6, 6.07) is 1.56. The first-order valence-corrected chi connectivity index (χ1v) is 2.98. The summed E-state index contributed by atoms with van der Waals surface area (Å²) in [5.74, 6) is -3.69. The molecule has 0 saturated carbocycles. The van der Waals surface area contributed by atoms with Crippen LogP contribution in [0.15, 0.2) is 12.1 Å². The van der Waals surface area contributed by atoms with Crippen LogP contribution in [0.3, 0.4) is 0 Å². The minimum absolute atomic E-state index is 0. The number of carbonyl (C=O) groups is 1. The van der Waals surface area contributed by atoms with E-state index in [0.29, 0.717) is 0 Å². The Balaban J connectivity index is 0. The zero-order valence-corrected chi connectivity index (χ0v) is 16.1. The third kappa shape index (κ3) is 4.00. The first-order chi connectivity index (χ1) is 5.52. The van der Waals surface area contributed by atoms with E-state index in [1.807, 2.05) is 0 Å². The van der Waals surface area contributed by atoms with Gasteiger partial charge in [0.2, 0.25) is 0 Å². The van der Waals surface area contributed by atoms with Gasteiger partial charge in [-0.05, 0) is 12.1 Å². The van der Waals surface area contributed by atoms with Crippen LogP contribution in [0.4, 0.5) is 0 Å². The molecule has 0 aliphatic heterocycles. The van der Waals surface area contributed by atoms with Crippen molar-refractivity contribution in [3.63, 3.8) is 0 Å². The van der Waals surface area contributed by atoms with Crippen LogP contribution in [-0.4, -0.2) is 47.5 Å². The molecule has 14 heavy (non-hydrogen) atoms. The topological polar surface area (TPSA) is 101 Å². The van der Waals surface area contributed by atoms with E-state index in [1.54, 1.807) is 0 Å². The van der Waals surface area contributed by atoms with Crippen molar-refractivity contribution in [2.75, 3.05) is 0 Å². The molecule has 0 aliphatic carbocycles. The Bertz CT molecular complexity index is 318. The van der Waals surface area contributed by atoms with Gasteiger partial charge in [0.05, 0.1) is 5.97 Å². The third-order valence-electron chi connectivity index (χ3n) is 1.31. The molecule has 0 amide bonds. The minimum Gasteiger partial charge on any atom is 1.00 e.